The molecule has 0 heterocycles. The zero-order chi connectivity index (χ0) is 7.28. The second-order valence-electron chi connectivity index (χ2n) is 1.58. The Morgan fingerprint density at radius 2 is 2.33 bits per heavy atom. The van der Waals surface area contributed by atoms with Gasteiger partial charge >= 0.3 is 0 Å². The van der Waals surface area contributed by atoms with Crippen molar-refractivity contribution in [3.63, 3.8) is 0 Å². The predicted octanol–water partition coefficient (Wildman–Crippen LogP) is 0.337. The minimum atomic E-state index is 0.332. The molecule has 3 heteroatoms. The van der Waals surface area contributed by atoms with Gasteiger partial charge in [-0.3, -0.25) is 9.79 Å². The van der Waals surface area contributed by atoms with Crippen molar-refractivity contribution >= 4 is 12.1 Å². The van der Waals surface area contributed by atoms with E-state index in [1.165, 1.54) is 0 Å². The van der Waals surface area contributed by atoms with Gasteiger partial charge in [0.05, 0.1) is 11.5 Å². The third-order valence-corrected chi connectivity index (χ3v) is 0.819. The van der Waals surface area contributed by atoms with Crippen molar-refractivity contribution in [2.45, 2.75) is 6.92 Å². The molecule has 3 nitrogen and oxygen atoms in total. The number of allylic oxidation sites excluding steroid dienone is 1. The van der Waals surface area contributed by atoms with Crippen molar-refractivity contribution in [3.05, 3.63) is 12.3 Å². The van der Waals surface area contributed by atoms with E-state index in [1.54, 1.807) is 14.0 Å². The lowest BCUT2D eigenvalue weighted by atomic mass is 10.5. The number of aldehydes is 1. The van der Waals surface area contributed by atoms with Gasteiger partial charge in [-0.05, 0) is 6.92 Å². The Balaban J connectivity index is 3.74. The quantitative estimate of drug-likeness (QED) is 0.251. The van der Waals surface area contributed by atoms with E-state index in [4.69, 9.17) is 0 Å². The first kappa shape index (κ1) is 7.88. The molecule has 50 valence electrons. The van der Waals surface area contributed by atoms with Crippen molar-refractivity contribution in [1.82, 2.24) is 5.32 Å². The second-order valence-corrected chi connectivity index (χ2v) is 1.58. The summed E-state index contributed by atoms with van der Waals surface area (Å²) < 4.78 is 0. The molecule has 0 saturated carbocycles. The molecule has 0 aromatic carbocycles. The van der Waals surface area contributed by atoms with Gasteiger partial charge in [0.15, 0.2) is 6.29 Å². The van der Waals surface area contributed by atoms with E-state index in [-0.39, 0.29) is 0 Å². The molecule has 0 aliphatic rings. The van der Waals surface area contributed by atoms with Crippen LogP contribution in [0.5, 0.6) is 0 Å². The van der Waals surface area contributed by atoms with Crippen LogP contribution in [0.15, 0.2) is 17.3 Å². The van der Waals surface area contributed by atoms with Gasteiger partial charge in [0.25, 0.3) is 0 Å². The van der Waals surface area contributed by atoms with Gasteiger partial charge in [-0.2, -0.15) is 0 Å². The maximum Gasteiger partial charge on any atom is 0.165 e. The van der Waals surface area contributed by atoms with Crippen LogP contribution >= 0.6 is 0 Å². The number of rotatable bonds is 2. The molecule has 0 aromatic rings. The number of carbonyl (C=O) groups excluding carboxylic acids is 1. The summed E-state index contributed by atoms with van der Waals surface area (Å²) in [6.07, 6.45) is 0.648. The minimum absolute atomic E-state index is 0.332. The average molecular weight is 126 g/mol. The Bertz CT molecular complexity index is 149. The van der Waals surface area contributed by atoms with Gasteiger partial charge in [0, 0.05) is 7.05 Å². The molecule has 1 N–H and O–H groups in total. The minimum Gasteiger partial charge on any atom is -0.342 e. The van der Waals surface area contributed by atoms with Gasteiger partial charge in [0.2, 0.25) is 0 Å². The Hall–Kier alpha value is -1.12. The molecule has 0 aromatic heterocycles. The smallest absolute Gasteiger partial charge is 0.165 e. The van der Waals surface area contributed by atoms with Crippen molar-refractivity contribution < 1.29 is 4.79 Å². The number of hydrogen-bond donors (Lipinski definition) is 1. The highest BCUT2D eigenvalue weighted by Gasteiger charge is 1.88. The summed E-state index contributed by atoms with van der Waals surface area (Å²) in [6, 6.07) is 0. The van der Waals surface area contributed by atoms with Crippen LogP contribution in [0.4, 0.5) is 0 Å². The van der Waals surface area contributed by atoms with Crippen LogP contribution < -0.4 is 5.32 Å². The lowest BCUT2D eigenvalue weighted by molar-refractivity contribution is -0.105. The highest BCUT2D eigenvalue weighted by atomic mass is 16.1. The fourth-order valence-electron chi connectivity index (χ4n) is 0.318. The van der Waals surface area contributed by atoms with Gasteiger partial charge in [-0.25, -0.2) is 0 Å². The Labute approximate surface area is 54.5 Å². The molecule has 0 fully saturated rings. The summed E-state index contributed by atoms with van der Waals surface area (Å²) in [4.78, 5) is 13.7. The SMILES string of the molecule is C=C(C=O)NC(C)=NC. The number of carbonyl (C=O) groups is 1. The lowest BCUT2D eigenvalue weighted by Crippen LogP contribution is -2.19. The van der Waals surface area contributed by atoms with Crippen LogP contribution in [0.1, 0.15) is 6.92 Å². The van der Waals surface area contributed by atoms with Crippen LogP contribution in [0.3, 0.4) is 0 Å². The van der Waals surface area contributed by atoms with Crippen LogP contribution in [0, 0.1) is 0 Å². The molecular formula is C6H10N2O. The number of nitrogens with zero attached hydrogens (tertiary/aromatic N) is 1. The van der Waals surface area contributed by atoms with Gasteiger partial charge in [-0.15, -0.1) is 0 Å². The largest absolute Gasteiger partial charge is 0.342 e. The first-order valence-corrected chi connectivity index (χ1v) is 2.55. The first-order valence-electron chi connectivity index (χ1n) is 2.55. The predicted molar refractivity (Wildman–Crippen MR) is 37.4 cm³/mol. The van der Waals surface area contributed by atoms with E-state index >= 15 is 0 Å². The highest BCUT2D eigenvalue weighted by molar-refractivity contribution is 5.87. The molecule has 0 amide bonds. The molecule has 0 saturated heterocycles. The summed E-state index contributed by atoms with van der Waals surface area (Å²) in [5.41, 5.74) is 0.332. The second kappa shape index (κ2) is 3.83. The number of hydrogen-bond acceptors (Lipinski definition) is 2. The highest BCUT2D eigenvalue weighted by Crippen LogP contribution is 1.76. The zero-order valence-corrected chi connectivity index (χ0v) is 5.64. The fraction of sp³-hybridized carbons (Fsp3) is 0.333. The summed E-state index contributed by atoms with van der Waals surface area (Å²) >= 11 is 0. The Morgan fingerprint density at radius 3 is 2.67 bits per heavy atom. The molecule has 0 aliphatic heterocycles. The molecule has 0 aliphatic carbocycles. The van der Waals surface area contributed by atoms with Crippen molar-refractivity contribution in [1.29, 1.82) is 0 Å². The van der Waals surface area contributed by atoms with Crippen molar-refractivity contribution in [2.75, 3.05) is 7.05 Å². The number of amidine groups is 1. The topological polar surface area (TPSA) is 41.5 Å². The van der Waals surface area contributed by atoms with Crippen LogP contribution in [0.25, 0.3) is 0 Å². The summed E-state index contributed by atoms with van der Waals surface area (Å²) in [5, 5.41) is 2.67. The zero-order valence-electron chi connectivity index (χ0n) is 5.64. The van der Waals surface area contributed by atoms with Crippen molar-refractivity contribution in [2.24, 2.45) is 4.99 Å². The van der Waals surface area contributed by atoms with Crippen molar-refractivity contribution in [3.8, 4) is 0 Å². The van der Waals surface area contributed by atoms with E-state index in [9.17, 15) is 4.79 Å². The molecule has 0 rings (SSSR count). The van der Waals surface area contributed by atoms with E-state index < -0.39 is 0 Å². The molecule has 0 atom stereocenters. The Kier molecular flexibility index (Phi) is 3.35. The molecule has 0 radical (unpaired) electrons. The monoisotopic (exact) mass is 126 g/mol. The lowest BCUT2D eigenvalue weighted by Gasteiger charge is -1.99. The molecule has 0 bridgehead atoms. The van der Waals surface area contributed by atoms with Crippen LogP contribution in [-0.4, -0.2) is 19.2 Å². The number of aliphatic imine (C=N–C) groups is 1. The average Bonchev–Trinajstić information content (AvgIpc) is 1.87. The number of nitrogens with one attached hydrogen (secondary N) is 1. The normalized spacial score (nSPS) is 10.7. The third kappa shape index (κ3) is 3.46. The third-order valence-electron chi connectivity index (χ3n) is 0.819. The standard InChI is InChI=1S/C6H10N2O/c1-5(4-9)8-6(2)7-3/h4H,1H2,2-3H3,(H,7,8). The molecule has 9 heavy (non-hydrogen) atoms. The maximum atomic E-state index is 9.94. The summed E-state index contributed by atoms with van der Waals surface area (Å²) in [6.45, 7) is 5.16. The molecular weight excluding hydrogens is 116 g/mol. The van der Waals surface area contributed by atoms with Gasteiger partial charge < -0.3 is 5.32 Å². The van der Waals surface area contributed by atoms with E-state index in [0.717, 1.165) is 0 Å². The van der Waals surface area contributed by atoms with Crippen LogP contribution in [-0.2, 0) is 4.79 Å². The van der Waals surface area contributed by atoms with Gasteiger partial charge in [-0.1, -0.05) is 6.58 Å². The Morgan fingerprint density at radius 1 is 1.78 bits per heavy atom. The van der Waals surface area contributed by atoms with Crippen LogP contribution in [0.2, 0.25) is 0 Å². The van der Waals surface area contributed by atoms with E-state index in [1.807, 2.05) is 0 Å². The van der Waals surface area contributed by atoms with E-state index in [2.05, 4.69) is 16.9 Å². The molecule has 0 unspecified atom stereocenters. The van der Waals surface area contributed by atoms with Gasteiger partial charge in [0.1, 0.15) is 0 Å². The maximum absolute atomic E-state index is 9.94. The summed E-state index contributed by atoms with van der Waals surface area (Å²) in [5.74, 6) is 0.687. The first-order chi connectivity index (χ1) is 4.20. The van der Waals surface area contributed by atoms with E-state index in [0.29, 0.717) is 17.8 Å². The fourth-order valence-corrected chi connectivity index (χ4v) is 0.318. The summed E-state index contributed by atoms with van der Waals surface area (Å²) in [7, 11) is 1.64. The molecule has 0 spiro atoms.